The number of rotatable bonds is 20. The lowest BCUT2D eigenvalue weighted by Gasteiger charge is -2.34. The minimum absolute atomic E-state index is 0.0616. The van der Waals surface area contributed by atoms with Crippen molar-refractivity contribution < 1.29 is 24.6 Å². The van der Waals surface area contributed by atoms with Gasteiger partial charge in [-0.15, -0.1) is 0 Å². The molecule has 5 N–H and O–H groups in total. The lowest BCUT2D eigenvalue weighted by molar-refractivity contribution is -0.132. The molecule has 238 valence electrons. The van der Waals surface area contributed by atoms with E-state index in [1.54, 1.807) is 37.0 Å². The molecule has 0 fully saturated rings. The van der Waals surface area contributed by atoms with Gasteiger partial charge >= 0.3 is 0 Å². The predicted octanol–water partition coefficient (Wildman–Crippen LogP) is 4.10. The summed E-state index contributed by atoms with van der Waals surface area (Å²) in [5, 5.41) is 31.5. The third kappa shape index (κ3) is 13.3. The number of carbonyl (C=O) groups excluding carboxylic acids is 3. The SMILES string of the molecule is C=C(C)[C@@H](C(=O)NCC(C)C)[C@@H](O)[C@H](O)[C@H](CC(C)C)NC(=O)C(CSC(CCC)CCC)NC(=O)c1cccnc1. The fourth-order valence-corrected chi connectivity index (χ4v) is 6.21. The molecular formula is C32H54N4O5S. The second-order valence-electron chi connectivity index (χ2n) is 12.0. The summed E-state index contributed by atoms with van der Waals surface area (Å²) in [5.41, 5.74) is 0.748. The van der Waals surface area contributed by atoms with Crippen molar-refractivity contribution in [2.45, 2.75) is 110 Å². The zero-order valence-corrected chi connectivity index (χ0v) is 27.4. The van der Waals surface area contributed by atoms with Crippen molar-refractivity contribution in [1.29, 1.82) is 0 Å². The smallest absolute Gasteiger partial charge is 0.253 e. The number of pyridine rings is 1. The maximum absolute atomic E-state index is 13.7. The maximum atomic E-state index is 13.7. The lowest BCUT2D eigenvalue weighted by Crippen LogP contribution is -2.57. The van der Waals surface area contributed by atoms with E-state index in [0.717, 1.165) is 25.7 Å². The zero-order valence-electron chi connectivity index (χ0n) is 26.6. The summed E-state index contributed by atoms with van der Waals surface area (Å²) in [5.74, 6) is -1.73. The first-order valence-electron chi connectivity index (χ1n) is 15.2. The van der Waals surface area contributed by atoms with E-state index >= 15 is 0 Å². The van der Waals surface area contributed by atoms with Gasteiger partial charge in [0.1, 0.15) is 12.1 Å². The summed E-state index contributed by atoms with van der Waals surface area (Å²) < 4.78 is 0. The average Bonchev–Trinajstić information content (AvgIpc) is 2.93. The summed E-state index contributed by atoms with van der Waals surface area (Å²) in [6.45, 7) is 18.0. The Morgan fingerprint density at radius 2 is 1.62 bits per heavy atom. The van der Waals surface area contributed by atoms with Crippen LogP contribution in [0.15, 0.2) is 36.7 Å². The molecular weight excluding hydrogens is 552 g/mol. The number of carbonyl (C=O) groups is 3. The molecule has 1 aromatic heterocycles. The first-order chi connectivity index (χ1) is 19.8. The molecule has 3 amide bonds. The van der Waals surface area contributed by atoms with Crippen molar-refractivity contribution >= 4 is 29.5 Å². The molecule has 0 aliphatic carbocycles. The highest BCUT2D eigenvalue weighted by Gasteiger charge is 2.38. The van der Waals surface area contributed by atoms with Crippen molar-refractivity contribution in [3.8, 4) is 0 Å². The maximum Gasteiger partial charge on any atom is 0.253 e. The topological polar surface area (TPSA) is 141 Å². The van der Waals surface area contributed by atoms with E-state index in [2.05, 4.69) is 41.4 Å². The highest BCUT2D eigenvalue weighted by molar-refractivity contribution is 7.99. The van der Waals surface area contributed by atoms with Gasteiger partial charge in [-0.05, 0) is 50.2 Å². The van der Waals surface area contributed by atoms with Crippen LogP contribution in [0.1, 0.15) is 90.9 Å². The van der Waals surface area contributed by atoms with Crippen molar-refractivity contribution in [2.75, 3.05) is 12.3 Å². The van der Waals surface area contributed by atoms with Gasteiger partial charge in [0, 0.05) is 29.9 Å². The first-order valence-corrected chi connectivity index (χ1v) is 16.3. The Kier molecular flexibility index (Phi) is 17.6. The third-order valence-electron chi connectivity index (χ3n) is 6.92. The Morgan fingerprint density at radius 1 is 0.976 bits per heavy atom. The normalized spacial score (nSPS) is 15.1. The van der Waals surface area contributed by atoms with Crippen LogP contribution in [0.3, 0.4) is 0 Å². The molecule has 0 aliphatic heterocycles. The molecule has 0 saturated carbocycles. The molecule has 5 atom stereocenters. The molecule has 0 spiro atoms. The molecule has 9 nitrogen and oxygen atoms in total. The van der Waals surface area contributed by atoms with Crippen LogP contribution in [0.4, 0.5) is 0 Å². The molecule has 1 heterocycles. The summed E-state index contributed by atoms with van der Waals surface area (Å²) in [6.07, 6.45) is 4.48. The van der Waals surface area contributed by atoms with E-state index in [1.165, 1.54) is 6.20 Å². The molecule has 0 aromatic carbocycles. The van der Waals surface area contributed by atoms with E-state index in [-0.39, 0.29) is 11.8 Å². The van der Waals surface area contributed by atoms with Crippen LogP contribution in [-0.4, -0.2) is 74.8 Å². The van der Waals surface area contributed by atoms with Crippen LogP contribution in [0, 0.1) is 17.8 Å². The van der Waals surface area contributed by atoms with Gasteiger partial charge in [0.25, 0.3) is 5.91 Å². The summed E-state index contributed by atoms with van der Waals surface area (Å²) in [4.78, 5) is 43.7. The molecule has 0 saturated heterocycles. The molecule has 0 bridgehead atoms. The standard InChI is InChI=1S/C32H54N4O5S/c1-9-12-24(13-10-2)42-19-26(36-30(39)23-14-11-15-33-18-23)31(40)35-25(16-20(3)4)28(37)29(38)27(22(7)8)32(41)34-17-21(5)6/h11,14-15,18,20-21,24-29,37-38H,7,9-10,12-13,16-17,19H2,1-6,8H3,(H,34,41)(H,35,40)(H,36,39)/t25-,26?,27+,28+,29+/m0/s1. The second-order valence-corrected chi connectivity index (χ2v) is 13.3. The number of thioether (sulfide) groups is 1. The van der Waals surface area contributed by atoms with E-state index in [0.29, 0.717) is 35.1 Å². The van der Waals surface area contributed by atoms with Gasteiger partial charge in [-0.2, -0.15) is 11.8 Å². The van der Waals surface area contributed by atoms with Crippen LogP contribution in [0.25, 0.3) is 0 Å². The van der Waals surface area contributed by atoms with Crippen LogP contribution < -0.4 is 16.0 Å². The van der Waals surface area contributed by atoms with Crippen molar-refractivity contribution in [3.05, 3.63) is 42.2 Å². The van der Waals surface area contributed by atoms with Crippen LogP contribution in [-0.2, 0) is 9.59 Å². The predicted molar refractivity (Wildman–Crippen MR) is 171 cm³/mol. The number of nitrogens with one attached hydrogen (secondary N) is 3. The fourth-order valence-electron chi connectivity index (χ4n) is 4.70. The summed E-state index contributed by atoms with van der Waals surface area (Å²) in [7, 11) is 0. The van der Waals surface area contributed by atoms with Gasteiger partial charge < -0.3 is 26.2 Å². The fraction of sp³-hybridized carbons (Fsp3) is 0.688. The number of hydrogen-bond acceptors (Lipinski definition) is 7. The Morgan fingerprint density at radius 3 is 2.12 bits per heavy atom. The minimum Gasteiger partial charge on any atom is -0.389 e. The minimum atomic E-state index is -1.49. The second kappa shape index (κ2) is 19.7. The van der Waals surface area contributed by atoms with Crippen LogP contribution in [0.5, 0.6) is 0 Å². The largest absolute Gasteiger partial charge is 0.389 e. The van der Waals surface area contributed by atoms with Crippen LogP contribution in [0.2, 0.25) is 0 Å². The number of aromatic nitrogens is 1. The van der Waals surface area contributed by atoms with Gasteiger partial charge in [-0.1, -0.05) is 66.5 Å². The van der Waals surface area contributed by atoms with Gasteiger partial charge in [-0.25, -0.2) is 0 Å². The van der Waals surface area contributed by atoms with E-state index in [9.17, 15) is 24.6 Å². The number of aliphatic hydroxyl groups is 2. The van der Waals surface area contributed by atoms with Gasteiger partial charge in [0.15, 0.2) is 0 Å². The quantitative estimate of drug-likeness (QED) is 0.141. The van der Waals surface area contributed by atoms with Gasteiger partial charge in [0.05, 0.1) is 23.6 Å². The number of aliphatic hydroxyl groups excluding tert-OH is 2. The molecule has 0 radical (unpaired) electrons. The van der Waals surface area contributed by atoms with E-state index in [1.807, 2.05) is 27.7 Å². The molecule has 42 heavy (non-hydrogen) atoms. The van der Waals surface area contributed by atoms with Crippen molar-refractivity contribution in [1.82, 2.24) is 20.9 Å². The Hall–Kier alpha value is -2.43. The first kappa shape index (κ1) is 37.6. The van der Waals surface area contributed by atoms with Crippen LogP contribution >= 0.6 is 11.8 Å². The average molecular weight is 607 g/mol. The van der Waals surface area contributed by atoms with E-state index < -0.39 is 47.9 Å². The molecule has 10 heteroatoms. The Balaban J connectivity index is 3.22. The van der Waals surface area contributed by atoms with E-state index in [4.69, 9.17) is 0 Å². The molecule has 1 rings (SSSR count). The summed E-state index contributed by atoms with van der Waals surface area (Å²) in [6, 6.07) is 1.54. The summed E-state index contributed by atoms with van der Waals surface area (Å²) >= 11 is 1.65. The van der Waals surface area contributed by atoms with Gasteiger partial charge in [-0.3, -0.25) is 19.4 Å². The Bertz CT molecular complexity index is 969. The zero-order chi connectivity index (χ0) is 31.8. The lowest BCUT2D eigenvalue weighted by atomic mass is 9.85. The highest BCUT2D eigenvalue weighted by Crippen LogP contribution is 2.24. The third-order valence-corrected chi connectivity index (χ3v) is 8.39. The van der Waals surface area contributed by atoms with Crippen molar-refractivity contribution in [3.63, 3.8) is 0 Å². The van der Waals surface area contributed by atoms with Crippen molar-refractivity contribution in [2.24, 2.45) is 17.8 Å². The number of hydrogen-bond donors (Lipinski definition) is 5. The number of amides is 3. The molecule has 1 unspecified atom stereocenters. The Labute approximate surface area is 257 Å². The molecule has 0 aliphatic rings. The monoisotopic (exact) mass is 606 g/mol. The molecule has 1 aromatic rings. The highest BCUT2D eigenvalue weighted by atomic mass is 32.2. The van der Waals surface area contributed by atoms with Gasteiger partial charge in [0.2, 0.25) is 11.8 Å². The number of nitrogens with zero attached hydrogens (tertiary/aromatic N) is 1.